The molecule has 0 saturated carbocycles. The van der Waals surface area contributed by atoms with Crippen LogP contribution in [-0.2, 0) is 9.59 Å². The van der Waals surface area contributed by atoms with Crippen LogP contribution in [0.4, 0.5) is 11.4 Å². The number of para-hydroxylation sites is 1. The van der Waals surface area contributed by atoms with E-state index >= 15 is 0 Å². The molecule has 2 amide bonds. The van der Waals surface area contributed by atoms with Crippen LogP contribution in [0.15, 0.2) is 54.6 Å². The number of nitrogens with zero attached hydrogens (tertiary/aromatic N) is 1. The molecule has 26 heavy (non-hydrogen) atoms. The highest BCUT2D eigenvalue weighted by atomic mass is 16.2. The summed E-state index contributed by atoms with van der Waals surface area (Å²) in [5.74, 6) is -0.0956. The monoisotopic (exact) mass is 354 g/mol. The summed E-state index contributed by atoms with van der Waals surface area (Å²) in [7, 11) is 1.86. The van der Waals surface area contributed by atoms with E-state index in [1.807, 2.05) is 82.4 Å². The van der Waals surface area contributed by atoms with Crippen molar-refractivity contribution in [3.63, 3.8) is 0 Å². The van der Waals surface area contributed by atoms with E-state index < -0.39 is 0 Å². The van der Waals surface area contributed by atoms with Crippen LogP contribution in [0.25, 0.3) is 0 Å². The molecule has 2 rings (SSSR count). The van der Waals surface area contributed by atoms with Crippen LogP contribution in [0.3, 0.4) is 0 Å². The van der Waals surface area contributed by atoms with Crippen molar-refractivity contribution in [3.8, 4) is 0 Å². The minimum atomic E-state index is -0.102. The minimum absolute atomic E-state index is 0.00633. The molecule has 0 bridgehead atoms. The van der Waals surface area contributed by atoms with Gasteiger partial charge in [-0.25, -0.2) is 0 Å². The van der Waals surface area contributed by atoms with Gasteiger partial charge in [-0.1, -0.05) is 35.9 Å². The summed E-state index contributed by atoms with van der Waals surface area (Å²) in [6.45, 7) is 6.48. The van der Waals surface area contributed by atoms with Gasteiger partial charge in [0.2, 0.25) is 0 Å². The highest BCUT2D eigenvalue weighted by molar-refractivity contribution is 5.95. The van der Waals surface area contributed by atoms with Gasteiger partial charge in [0.15, 0.2) is 13.1 Å². The molecule has 0 spiro atoms. The van der Waals surface area contributed by atoms with Crippen molar-refractivity contribution in [3.05, 3.63) is 60.2 Å². The molecule has 0 aliphatic heterocycles. The van der Waals surface area contributed by atoms with Gasteiger partial charge in [-0.2, -0.15) is 0 Å². The number of carbonyl (C=O) groups excluding carboxylic acids is 2. The standard InChI is InChI=1S/C21H27N3O2/c1-16(2)24(19-8-6-5-7-9-19)21(26)15-23(4)14-20(25)22-18-12-10-17(3)11-13-18/h5-13,16H,14-15H2,1-4H3,(H,22,25)/p+1. The zero-order chi connectivity index (χ0) is 19.1. The van der Waals surface area contributed by atoms with Gasteiger partial charge < -0.3 is 15.1 Å². The Morgan fingerprint density at radius 3 is 2.19 bits per heavy atom. The average molecular weight is 354 g/mol. The molecule has 138 valence electrons. The largest absolute Gasteiger partial charge is 0.322 e. The lowest BCUT2D eigenvalue weighted by Gasteiger charge is -2.27. The fourth-order valence-electron chi connectivity index (χ4n) is 2.84. The summed E-state index contributed by atoms with van der Waals surface area (Å²) >= 11 is 0. The normalized spacial score (nSPS) is 11.9. The number of quaternary nitrogens is 1. The number of benzene rings is 2. The first-order valence-corrected chi connectivity index (χ1v) is 8.91. The lowest BCUT2D eigenvalue weighted by Crippen LogP contribution is -3.11. The maximum Gasteiger partial charge on any atom is 0.282 e. The average Bonchev–Trinajstić information content (AvgIpc) is 2.57. The number of hydrogen-bond donors (Lipinski definition) is 2. The molecule has 5 nitrogen and oxygen atoms in total. The van der Waals surface area contributed by atoms with Gasteiger partial charge in [-0.3, -0.25) is 9.59 Å². The van der Waals surface area contributed by atoms with Crippen molar-refractivity contribution in [2.75, 3.05) is 30.4 Å². The van der Waals surface area contributed by atoms with Crippen molar-refractivity contribution in [2.24, 2.45) is 0 Å². The first kappa shape index (κ1) is 19.7. The van der Waals surface area contributed by atoms with Gasteiger partial charge in [-0.05, 0) is 45.0 Å². The third-order valence-electron chi connectivity index (χ3n) is 4.07. The maximum absolute atomic E-state index is 12.7. The van der Waals surface area contributed by atoms with Gasteiger partial charge >= 0.3 is 0 Å². The van der Waals surface area contributed by atoms with E-state index in [0.717, 1.165) is 21.8 Å². The Morgan fingerprint density at radius 1 is 1.00 bits per heavy atom. The SMILES string of the molecule is Cc1ccc(NC(=O)C[NH+](C)CC(=O)N(c2ccccc2)C(C)C)cc1. The lowest BCUT2D eigenvalue weighted by molar-refractivity contribution is -0.862. The number of hydrogen-bond acceptors (Lipinski definition) is 2. The molecule has 0 fully saturated rings. The summed E-state index contributed by atoms with van der Waals surface area (Å²) in [5.41, 5.74) is 2.79. The Bertz CT molecular complexity index is 727. The quantitative estimate of drug-likeness (QED) is 0.798. The highest BCUT2D eigenvalue weighted by Crippen LogP contribution is 2.16. The highest BCUT2D eigenvalue weighted by Gasteiger charge is 2.23. The summed E-state index contributed by atoms with van der Waals surface area (Å²) in [4.78, 5) is 27.6. The Labute approximate surface area is 155 Å². The van der Waals surface area contributed by atoms with Gasteiger partial charge in [0.1, 0.15) is 0 Å². The number of carbonyl (C=O) groups is 2. The third-order valence-corrected chi connectivity index (χ3v) is 4.07. The fourth-order valence-corrected chi connectivity index (χ4v) is 2.84. The molecular formula is C21H28N3O2+. The maximum atomic E-state index is 12.7. The predicted octanol–water partition coefficient (Wildman–Crippen LogP) is 1.89. The Balaban J connectivity index is 1.92. The Morgan fingerprint density at radius 2 is 1.62 bits per heavy atom. The van der Waals surface area contributed by atoms with Crippen LogP contribution >= 0.6 is 0 Å². The molecule has 0 saturated heterocycles. The molecule has 2 N–H and O–H groups in total. The van der Waals surface area contributed by atoms with Gasteiger partial charge in [0.05, 0.1) is 7.05 Å². The van der Waals surface area contributed by atoms with Crippen molar-refractivity contribution in [2.45, 2.75) is 26.8 Å². The summed E-state index contributed by atoms with van der Waals surface area (Å²) in [6, 6.07) is 17.3. The van der Waals surface area contributed by atoms with Crippen LogP contribution in [0, 0.1) is 6.92 Å². The van der Waals surface area contributed by atoms with Crippen molar-refractivity contribution >= 4 is 23.2 Å². The zero-order valence-corrected chi connectivity index (χ0v) is 16.0. The molecule has 5 heteroatoms. The molecule has 2 aromatic carbocycles. The van der Waals surface area contributed by atoms with E-state index in [9.17, 15) is 9.59 Å². The van der Waals surface area contributed by atoms with E-state index in [-0.39, 0.29) is 30.9 Å². The van der Waals surface area contributed by atoms with Crippen LogP contribution in [-0.4, -0.2) is 38.0 Å². The predicted molar refractivity (Wildman–Crippen MR) is 105 cm³/mol. The molecule has 2 aromatic rings. The second kappa shape index (κ2) is 9.15. The minimum Gasteiger partial charge on any atom is -0.322 e. The summed E-state index contributed by atoms with van der Waals surface area (Å²) in [6.07, 6.45) is 0. The van der Waals surface area contributed by atoms with E-state index in [2.05, 4.69) is 5.32 Å². The third kappa shape index (κ3) is 5.70. The van der Waals surface area contributed by atoms with Crippen LogP contribution in [0.2, 0.25) is 0 Å². The molecule has 1 unspecified atom stereocenters. The number of anilines is 2. The second-order valence-corrected chi connectivity index (χ2v) is 6.92. The fraction of sp³-hybridized carbons (Fsp3) is 0.333. The number of likely N-dealkylation sites (N-methyl/N-ethyl adjacent to an activating group) is 1. The Kier molecular flexibility index (Phi) is 6.92. The molecule has 0 aliphatic carbocycles. The van der Waals surface area contributed by atoms with E-state index in [0.29, 0.717) is 0 Å². The van der Waals surface area contributed by atoms with Gasteiger partial charge in [-0.15, -0.1) is 0 Å². The molecule has 0 aromatic heterocycles. The number of aryl methyl sites for hydroxylation is 1. The number of amides is 2. The van der Waals surface area contributed by atoms with Crippen LogP contribution < -0.4 is 15.1 Å². The van der Waals surface area contributed by atoms with E-state index in [1.165, 1.54) is 0 Å². The summed E-state index contributed by atoms with van der Waals surface area (Å²) in [5, 5.41) is 2.87. The zero-order valence-electron chi connectivity index (χ0n) is 16.0. The van der Waals surface area contributed by atoms with E-state index in [1.54, 1.807) is 4.90 Å². The molecule has 0 radical (unpaired) electrons. The topological polar surface area (TPSA) is 53.9 Å². The van der Waals surface area contributed by atoms with Gasteiger partial charge in [0.25, 0.3) is 11.8 Å². The molecule has 0 heterocycles. The number of rotatable bonds is 7. The van der Waals surface area contributed by atoms with Crippen LogP contribution in [0.1, 0.15) is 19.4 Å². The van der Waals surface area contributed by atoms with Crippen molar-refractivity contribution in [1.29, 1.82) is 0 Å². The molecular weight excluding hydrogens is 326 g/mol. The Hall–Kier alpha value is -2.66. The van der Waals surface area contributed by atoms with Crippen molar-refractivity contribution < 1.29 is 14.5 Å². The molecule has 1 atom stereocenters. The summed E-state index contributed by atoms with van der Waals surface area (Å²) < 4.78 is 0. The van der Waals surface area contributed by atoms with Gasteiger partial charge in [0, 0.05) is 17.4 Å². The van der Waals surface area contributed by atoms with E-state index in [4.69, 9.17) is 0 Å². The first-order valence-electron chi connectivity index (χ1n) is 8.91. The lowest BCUT2D eigenvalue weighted by atomic mass is 10.2. The van der Waals surface area contributed by atoms with Crippen LogP contribution in [0.5, 0.6) is 0 Å². The molecule has 0 aliphatic rings. The first-order chi connectivity index (χ1) is 12.4. The number of nitrogens with one attached hydrogen (secondary N) is 2. The van der Waals surface area contributed by atoms with Crippen molar-refractivity contribution in [1.82, 2.24) is 0 Å². The second-order valence-electron chi connectivity index (χ2n) is 6.92. The smallest absolute Gasteiger partial charge is 0.282 e.